The summed E-state index contributed by atoms with van der Waals surface area (Å²) in [6, 6.07) is 9.36. The minimum Gasteiger partial charge on any atom is -0.350 e. The van der Waals surface area contributed by atoms with Crippen LogP contribution in [0.1, 0.15) is 16.7 Å². The number of anilines is 1. The van der Waals surface area contributed by atoms with Crippen molar-refractivity contribution in [3.05, 3.63) is 53.3 Å². The molecule has 1 aromatic heterocycles. The minimum absolute atomic E-state index is 0.127. The lowest BCUT2D eigenvalue weighted by atomic mass is 10.1. The quantitative estimate of drug-likeness (QED) is 0.869. The number of hydrogen-bond donors (Lipinski definition) is 2. The van der Waals surface area contributed by atoms with Gasteiger partial charge in [0, 0.05) is 18.9 Å². The second kappa shape index (κ2) is 6.01. The monoisotopic (exact) mass is 292 g/mol. The molecule has 0 saturated heterocycles. The predicted molar refractivity (Wildman–Crippen MR) is 80.1 cm³/mol. The molecule has 1 aliphatic rings. The van der Waals surface area contributed by atoms with E-state index in [2.05, 4.69) is 31.7 Å². The van der Waals surface area contributed by atoms with Crippen LogP contribution >= 0.6 is 0 Å². The number of aromatic nitrogens is 2. The smallest absolute Gasteiger partial charge is 0.247 e. The number of hydrogen-bond acceptors (Lipinski definition) is 6. The summed E-state index contributed by atoms with van der Waals surface area (Å²) in [4.78, 5) is 23.5. The van der Waals surface area contributed by atoms with Gasteiger partial charge in [-0.25, -0.2) is 9.97 Å². The third-order valence-corrected chi connectivity index (χ3v) is 3.10. The van der Waals surface area contributed by atoms with Crippen LogP contribution in [0.15, 0.2) is 41.7 Å². The molecule has 1 aromatic carbocycles. The zero-order chi connectivity index (χ0) is 15.4. The van der Waals surface area contributed by atoms with Gasteiger partial charge in [-0.05, 0) is 17.7 Å². The highest BCUT2D eigenvalue weighted by atomic mass is 16.2. The highest BCUT2D eigenvalue weighted by Gasteiger charge is 2.15. The molecule has 0 bridgehead atoms. The van der Waals surface area contributed by atoms with E-state index < -0.39 is 0 Å². The Morgan fingerprint density at radius 1 is 1.23 bits per heavy atom. The fourth-order valence-electron chi connectivity index (χ4n) is 1.95. The van der Waals surface area contributed by atoms with Crippen LogP contribution in [0.3, 0.4) is 0 Å². The van der Waals surface area contributed by atoms with E-state index >= 15 is 0 Å². The molecular weight excluding hydrogens is 280 g/mol. The van der Waals surface area contributed by atoms with Gasteiger partial charge < -0.3 is 10.6 Å². The van der Waals surface area contributed by atoms with E-state index in [4.69, 9.17) is 5.26 Å². The normalized spacial score (nSPS) is 13.2. The van der Waals surface area contributed by atoms with Gasteiger partial charge in [0.05, 0.1) is 17.2 Å². The fourth-order valence-corrected chi connectivity index (χ4v) is 1.95. The molecule has 0 saturated carbocycles. The Hall–Kier alpha value is -3.27. The molecule has 2 heterocycles. The molecule has 7 heteroatoms. The van der Waals surface area contributed by atoms with Gasteiger partial charge in [-0.1, -0.05) is 12.1 Å². The SMILES string of the molecule is N#Cc1ccc(CNc2ncc(C3=NCC(=O)N3)cn2)cc1. The maximum atomic E-state index is 11.1. The summed E-state index contributed by atoms with van der Waals surface area (Å²) >= 11 is 0. The Kier molecular flexibility index (Phi) is 3.74. The van der Waals surface area contributed by atoms with E-state index in [1.807, 2.05) is 12.1 Å². The number of nitrogens with zero attached hydrogens (tertiary/aromatic N) is 4. The van der Waals surface area contributed by atoms with Crippen LogP contribution in [0.25, 0.3) is 0 Å². The lowest BCUT2D eigenvalue weighted by Gasteiger charge is -2.06. The molecule has 108 valence electrons. The number of benzene rings is 1. The van der Waals surface area contributed by atoms with E-state index in [9.17, 15) is 4.79 Å². The average molecular weight is 292 g/mol. The van der Waals surface area contributed by atoms with Gasteiger partial charge in [0.2, 0.25) is 11.9 Å². The molecule has 2 aromatic rings. The minimum atomic E-state index is -0.127. The Bertz CT molecular complexity index is 758. The number of rotatable bonds is 4. The van der Waals surface area contributed by atoms with Crippen LogP contribution < -0.4 is 10.6 Å². The molecule has 22 heavy (non-hydrogen) atoms. The van der Waals surface area contributed by atoms with E-state index in [1.165, 1.54) is 0 Å². The van der Waals surface area contributed by atoms with Crippen LogP contribution in [-0.2, 0) is 11.3 Å². The third-order valence-electron chi connectivity index (χ3n) is 3.10. The van der Waals surface area contributed by atoms with Crippen LogP contribution in [0.4, 0.5) is 5.95 Å². The van der Waals surface area contributed by atoms with Crippen LogP contribution in [0.5, 0.6) is 0 Å². The number of amides is 1. The maximum absolute atomic E-state index is 11.1. The zero-order valence-corrected chi connectivity index (χ0v) is 11.6. The number of aliphatic imine (C=N–C) groups is 1. The lowest BCUT2D eigenvalue weighted by molar-refractivity contribution is -0.117. The first-order chi connectivity index (χ1) is 10.7. The van der Waals surface area contributed by atoms with Gasteiger partial charge in [-0.3, -0.25) is 9.79 Å². The first-order valence-electron chi connectivity index (χ1n) is 6.64. The first-order valence-corrected chi connectivity index (χ1v) is 6.64. The largest absolute Gasteiger partial charge is 0.350 e. The third kappa shape index (κ3) is 3.07. The van der Waals surface area contributed by atoms with Crippen molar-refractivity contribution >= 4 is 17.7 Å². The van der Waals surface area contributed by atoms with Crippen molar-refractivity contribution < 1.29 is 4.79 Å². The van der Waals surface area contributed by atoms with E-state index in [0.29, 0.717) is 29.5 Å². The summed E-state index contributed by atoms with van der Waals surface area (Å²) in [5, 5.41) is 14.5. The topological polar surface area (TPSA) is 103 Å². The van der Waals surface area contributed by atoms with Gasteiger partial charge in [-0.2, -0.15) is 5.26 Å². The Balaban J connectivity index is 1.61. The summed E-state index contributed by atoms with van der Waals surface area (Å²) in [6.45, 7) is 0.705. The molecule has 0 atom stereocenters. The van der Waals surface area contributed by atoms with Gasteiger partial charge in [0.1, 0.15) is 12.4 Å². The average Bonchev–Trinajstić information content (AvgIpc) is 3.00. The number of carbonyl (C=O) groups is 1. The Labute approximate surface area is 126 Å². The molecular formula is C15H12N6O. The van der Waals surface area contributed by atoms with Crippen LogP contribution in [-0.4, -0.2) is 28.3 Å². The standard InChI is InChI=1S/C15H12N6O/c16-5-10-1-3-11(4-2-10)6-18-15-19-7-12(8-20-15)14-17-9-13(22)21-14/h1-4,7-8H,6,9H2,(H,17,21,22)(H,18,19,20). The predicted octanol–water partition coefficient (Wildman–Crippen LogP) is 0.837. The van der Waals surface area contributed by atoms with Crippen molar-refractivity contribution in [3.63, 3.8) is 0 Å². The lowest BCUT2D eigenvalue weighted by Crippen LogP contribution is -2.25. The Morgan fingerprint density at radius 2 is 1.95 bits per heavy atom. The molecule has 0 radical (unpaired) electrons. The van der Waals surface area contributed by atoms with Gasteiger partial charge in [0.15, 0.2) is 0 Å². The molecule has 0 fully saturated rings. The van der Waals surface area contributed by atoms with Crippen molar-refractivity contribution in [1.82, 2.24) is 15.3 Å². The highest BCUT2D eigenvalue weighted by molar-refractivity contribution is 6.12. The fraction of sp³-hybridized carbons (Fsp3) is 0.133. The molecule has 7 nitrogen and oxygen atoms in total. The summed E-state index contributed by atoms with van der Waals surface area (Å²) in [5.41, 5.74) is 2.33. The number of carbonyl (C=O) groups excluding carboxylic acids is 1. The van der Waals surface area contributed by atoms with Gasteiger partial charge in [0.25, 0.3) is 0 Å². The number of nitrogens with one attached hydrogen (secondary N) is 2. The van der Waals surface area contributed by atoms with Crippen molar-refractivity contribution in [2.24, 2.45) is 4.99 Å². The van der Waals surface area contributed by atoms with Crippen molar-refractivity contribution in [2.45, 2.75) is 6.54 Å². The second-order valence-electron chi connectivity index (χ2n) is 4.67. The molecule has 1 amide bonds. The zero-order valence-electron chi connectivity index (χ0n) is 11.6. The van der Waals surface area contributed by atoms with Crippen LogP contribution in [0.2, 0.25) is 0 Å². The molecule has 0 spiro atoms. The van der Waals surface area contributed by atoms with E-state index in [-0.39, 0.29) is 12.5 Å². The summed E-state index contributed by atoms with van der Waals surface area (Å²) in [7, 11) is 0. The first kappa shape index (κ1) is 13.7. The Morgan fingerprint density at radius 3 is 2.55 bits per heavy atom. The van der Waals surface area contributed by atoms with Crippen molar-refractivity contribution in [2.75, 3.05) is 11.9 Å². The molecule has 3 rings (SSSR count). The summed E-state index contributed by atoms with van der Waals surface area (Å²) in [6.07, 6.45) is 3.22. The summed E-state index contributed by atoms with van der Waals surface area (Å²) in [5.74, 6) is 0.861. The van der Waals surface area contributed by atoms with Crippen molar-refractivity contribution in [3.8, 4) is 6.07 Å². The maximum Gasteiger partial charge on any atom is 0.247 e. The molecule has 1 aliphatic heterocycles. The molecule has 0 aliphatic carbocycles. The number of nitriles is 1. The molecule has 2 N–H and O–H groups in total. The van der Waals surface area contributed by atoms with E-state index in [1.54, 1.807) is 24.5 Å². The van der Waals surface area contributed by atoms with Gasteiger partial charge >= 0.3 is 0 Å². The van der Waals surface area contributed by atoms with Crippen LogP contribution in [0, 0.1) is 11.3 Å². The van der Waals surface area contributed by atoms with Gasteiger partial charge in [-0.15, -0.1) is 0 Å². The second-order valence-corrected chi connectivity index (χ2v) is 4.67. The number of amidine groups is 1. The van der Waals surface area contributed by atoms with Crippen molar-refractivity contribution in [1.29, 1.82) is 5.26 Å². The highest BCUT2D eigenvalue weighted by Crippen LogP contribution is 2.07. The molecule has 0 unspecified atom stereocenters. The summed E-state index contributed by atoms with van der Waals surface area (Å²) < 4.78 is 0. The van der Waals surface area contributed by atoms with E-state index in [0.717, 1.165) is 5.56 Å².